The molecule has 0 spiro atoms. The number of hydrogen-bond donors (Lipinski definition) is 0. The van der Waals surface area contributed by atoms with E-state index in [1.165, 1.54) is 0 Å². The van der Waals surface area contributed by atoms with E-state index in [1.54, 1.807) is 6.07 Å². The summed E-state index contributed by atoms with van der Waals surface area (Å²) in [5.41, 5.74) is 4.93. The van der Waals surface area contributed by atoms with E-state index in [1.807, 2.05) is 61.2 Å². The zero-order chi connectivity index (χ0) is 21.3. The molecule has 156 valence electrons. The SMILES string of the molecule is Cc1ccc2c(c1)S(=O)(=O)c1c(oc3ccc(C)cc13)N2c1cccc2c1OCCC2. The van der Waals surface area contributed by atoms with Gasteiger partial charge < -0.3 is 9.15 Å². The zero-order valence-electron chi connectivity index (χ0n) is 17.3. The Bertz CT molecular complexity index is 1480. The minimum atomic E-state index is -3.76. The Hall–Kier alpha value is -3.25. The first-order valence-corrected chi connectivity index (χ1v) is 11.9. The number of anilines is 3. The third kappa shape index (κ3) is 2.58. The van der Waals surface area contributed by atoms with Crippen molar-refractivity contribution in [1.82, 2.24) is 0 Å². The predicted octanol–water partition coefficient (Wildman–Crippen LogP) is 5.99. The predicted molar refractivity (Wildman–Crippen MR) is 120 cm³/mol. The summed E-state index contributed by atoms with van der Waals surface area (Å²) in [7, 11) is -3.76. The molecule has 0 bridgehead atoms. The van der Waals surface area contributed by atoms with Gasteiger partial charge in [-0.15, -0.1) is 0 Å². The number of nitrogens with zero attached hydrogens (tertiary/aromatic N) is 1. The zero-order valence-corrected chi connectivity index (χ0v) is 18.1. The fraction of sp³-hybridized carbons (Fsp3) is 0.200. The second kappa shape index (κ2) is 6.37. The molecule has 0 saturated carbocycles. The molecule has 31 heavy (non-hydrogen) atoms. The maximum Gasteiger partial charge on any atom is 0.225 e. The lowest BCUT2D eigenvalue weighted by Gasteiger charge is -2.32. The normalized spacial score (nSPS) is 16.4. The Balaban J connectivity index is 1.74. The van der Waals surface area contributed by atoms with Crippen LogP contribution in [0.5, 0.6) is 5.75 Å². The number of sulfone groups is 1. The molecule has 0 N–H and O–H groups in total. The molecule has 3 heterocycles. The Morgan fingerprint density at radius 1 is 0.935 bits per heavy atom. The van der Waals surface area contributed by atoms with Crippen LogP contribution in [0.1, 0.15) is 23.1 Å². The summed E-state index contributed by atoms with van der Waals surface area (Å²) in [6.07, 6.45) is 1.90. The fourth-order valence-corrected chi connectivity index (χ4v) is 6.42. The molecule has 2 aliphatic rings. The molecule has 6 rings (SSSR count). The molecule has 0 radical (unpaired) electrons. The smallest absolute Gasteiger partial charge is 0.225 e. The van der Waals surface area contributed by atoms with Crippen molar-refractivity contribution in [3.8, 4) is 5.75 Å². The van der Waals surface area contributed by atoms with Gasteiger partial charge in [-0.25, -0.2) is 8.42 Å². The third-order valence-electron chi connectivity index (χ3n) is 6.05. The van der Waals surface area contributed by atoms with Gasteiger partial charge in [0.1, 0.15) is 16.2 Å². The standard InChI is InChI=1S/C25H21NO4S/c1-15-9-11-21-18(13-15)24-25(30-21)26(19-10-8-16(2)14-22(19)31(24,27)28)20-7-3-5-17-6-4-12-29-23(17)20/h3,5,7-11,13-14H,4,6,12H2,1-2H3. The minimum Gasteiger partial charge on any atom is -0.491 e. The highest BCUT2D eigenvalue weighted by atomic mass is 32.2. The van der Waals surface area contributed by atoms with Gasteiger partial charge in [0.15, 0.2) is 0 Å². The fourth-order valence-electron chi connectivity index (χ4n) is 4.61. The van der Waals surface area contributed by atoms with Crippen molar-refractivity contribution in [1.29, 1.82) is 0 Å². The maximum absolute atomic E-state index is 13.8. The van der Waals surface area contributed by atoms with Crippen LogP contribution in [0.25, 0.3) is 11.0 Å². The Labute approximate surface area is 180 Å². The average molecular weight is 432 g/mol. The molecule has 0 atom stereocenters. The molecule has 0 saturated heterocycles. The van der Waals surface area contributed by atoms with Gasteiger partial charge in [-0.3, -0.25) is 4.90 Å². The average Bonchev–Trinajstić information content (AvgIpc) is 3.14. The summed E-state index contributed by atoms with van der Waals surface area (Å²) in [6.45, 7) is 4.50. The Morgan fingerprint density at radius 2 is 1.74 bits per heavy atom. The van der Waals surface area contributed by atoms with Crippen LogP contribution in [0.2, 0.25) is 0 Å². The van der Waals surface area contributed by atoms with Gasteiger partial charge in [0.25, 0.3) is 0 Å². The highest BCUT2D eigenvalue weighted by Gasteiger charge is 2.41. The molecule has 5 nitrogen and oxygen atoms in total. The minimum absolute atomic E-state index is 0.220. The molecule has 1 aromatic heterocycles. The van der Waals surface area contributed by atoms with Crippen LogP contribution in [-0.2, 0) is 16.3 Å². The molecule has 6 heteroatoms. The van der Waals surface area contributed by atoms with Crippen LogP contribution < -0.4 is 9.64 Å². The summed E-state index contributed by atoms with van der Waals surface area (Å²) >= 11 is 0. The lowest BCUT2D eigenvalue weighted by Crippen LogP contribution is -2.23. The molecule has 0 amide bonds. The van der Waals surface area contributed by atoms with E-state index in [9.17, 15) is 8.42 Å². The molecular weight excluding hydrogens is 410 g/mol. The topological polar surface area (TPSA) is 59.8 Å². The van der Waals surface area contributed by atoms with Gasteiger partial charge in [-0.1, -0.05) is 29.8 Å². The van der Waals surface area contributed by atoms with E-state index >= 15 is 0 Å². The van der Waals surface area contributed by atoms with Crippen LogP contribution in [0.3, 0.4) is 0 Å². The second-order valence-electron chi connectivity index (χ2n) is 8.26. The number of hydrogen-bond acceptors (Lipinski definition) is 5. The first-order chi connectivity index (χ1) is 14.9. The van der Waals surface area contributed by atoms with Crippen LogP contribution in [0.15, 0.2) is 68.8 Å². The number of fused-ring (bicyclic) bond motifs is 5. The van der Waals surface area contributed by atoms with Gasteiger partial charge in [0, 0.05) is 5.39 Å². The molecule has 0 unspecified atom stereocenters. The summed E-state index contributed by atoms with van der Waals surface area (Å²) in [5.74, 6) is 1.11. The first-order valence-electron chi connectivity index (χ1n) is 10.4. The Morgan fingerprint density at radius 3 is 2.61 bits per heavy atom. The van der Waals surface area contributed by atoms with Crippen molar-refractivity contribution in [2.75, 3.05) is 11.5 Å². The summed E-state index contributed by atoms with van der Waals surface area (Å²) in [6, 6.07) is 17.2. The molecule has 3 aromatic carbocycles. The lowest BCUT2D eigenvalue weighted by atomic mass is 10.0. The van der Waals surface area contributed by atoms with Crippen molar-refractivity contribution in [3.05, 3.63) is 71.3 Å². The van der Waals surface area contributed by atoms with Gasteiger partial charge in [-0.05, 0) is 68.1 Å². The van der Waals surface area contributed by atoms with Crippen LogP contribution in [-0.4, -0.2) is 15.0 Å². The van der Waals surface area contributed by atoms with E-state index in [-0.39, 0.29) is 9.79 Å². The van der Waals surface area contributed by atoms with E-state index < -0.39 is 9.84 Å². The van der Waals surface area contributed by atoms with Crippen LogP contribution in [0, 0.1) is 13.8 Å². The highest BCUT2D eigenvalue weighted by molar-refractivity contribution is 7.92. The maximum atomic E-state index is 13.8. The molecule has 0 aliphatic carbocycles. The van der Waals surface area contributed by atoms with Gasteiger partial charge >= 0.3 is 0 Å². The molecular formula is C25H21NO4S. The Kier molecular flexibility index (Phi) is 3.81. The van der Waals surface area contributed by atoms with Gasteiger partial charge in [-0.2, -0.15) is 0 Å². The number of ether oxygens (including phenoxy) is 1. The third-order valence-corrected chi connectivity index (χ3v) is 7.89. The number of aryl methyl sites for hydroxylation is 3. The lowest BCUT2D eigenvalue weighted by molar-refractivity contribution is 0.289. The van der Waals surface area contributed by atoms with Crippen molar-refractivity contribution >= 4 is 38.1 Å². The first kappa shape index (κ1) is 18.5. The van der Waals surface area contributed by atoms with Crippen molar-refractivity contribution in [2.24, 2.45) is 0 Å². The van der Waals surface area contributed by atoms with Gasteiger partial charge in [0.05, 0.1) is 22.9 Å². The van der Waals surface area contributed by atoms with E-state index in [2.05, 4.69) is 6.07 Å². The molecule has 2 aliphatic heterocycles. The van der Waals surface area contributed by atoms with Crippen molar-refractivity contribution < 1.29 is 17.6 Å². The quantitative estimate of drug-likeness (QED) is 0.326. The number of furan rings is 1. The van der Waals surface area contributed by atoms with Crippen LogP contribution >= 0.6 is 0 Å². The monoisotopic (exact) mass is 431 g/mol. The van der Waals surface area contributed by atoms with Crippen molar-refractivity contribution in [2.45, 2.75) is 36.5 Å². The van der Waals surface area contributed by atoms with E-state index in [4.69, 9.17) is 9.15 Å². The largest absolute Gasteiger partial charge is 0.491 e. The number of rotatable bonds is 1. The summed E-state index contributed by atoms with van der Waals surface area (Å²) in [4.78, 5) is 2.42. The van der Waals surface area contributed by atoms with Gasteiger partial charge in [0.2, 0.25) is 15.7 Å². The number of benzene rings is 3. The molecule has 0 fully saturated rings. The van der Waals surface area contributed by atoms with E-state index in [0.717, 1.165) is 41.0 Å². The summed E-state index contributed by atoms with van der Waals surface area (Å²) < 4.78 is 39.9. The van der Waals surface area contributed by atoms with Crippen molar-refractivity contribution in [3.63, 3.8) is 0 Å². The summed E-state index contributed by atoms with van der Waals surface area (Å²) in [5, 5.41) is 0.609. The number of para-hydroxylation sites is 1. The molecule has 4 aromatic rings. The highest BCUT2D eigenvalue weighted by Crippen LogP contribution is 2.54. The second-order valence-corrected chi connectivity index (χ2v) is 10.1. The van der Waals surface area contributed by atoms with E-state index in [0.29, 0.717) is 29.1 Å². The van der Waals surface area contributed by atoms with Crippen LogP contribution in [0.4, 0.5) is 17.3 Å².